The molecular formula is C16H17N3O4. The molecular weight excluding hydrogens is 298 g/mol. The molecule has 120 valence electrons. The Morgan fingerprint density at radius 2 is 1.91 bits per heavy atom. The van der Waals surface area contributed by atoms with Crippen molar-refractivity contribution in [1.29, 1.82) is 0 Å². The van der Waals surface area contributed by atoms with E-state index in [0.29, 0.717) is 17.8 Å². The van der Waals surface area contributed by atoms with E-state index in [1.807, 2.05) is 12.1 Å². The lowest BCUT2D eigenvalue weighted by atomic mass is 10.1. The number of nitrogens with zero attached hydrogens (tertiary/aromatic N) is 1. The summed E-state index contributed by atoms with van der Waals surface area (Å²) in [5.41, 5.74) is 1.71. The predicted molar refractivity (Wildman–Crippen MR) is 86.7 cm³/mol. The van der Waals surface area contributed by atoms with Crippen molar-refractivity contribution in [2.24, 2.45) is 0 Å². The van der Waals surface area contributed by atoms with Crippen LogP contribution in [0.5, 0.6) is 5.75 Å². The summed E-state index contributed by atoms with van der Waals surface area (Å²) in [6.45, 7) is 1.93. The van der Waals surface area contributed by atoms with Gasteiger partial charge in [-0.1, -0.05) is 18.2 Å². The highest BCUT2D eigenvalue weighted by atomic mass is 16.6. The number of methoxy groups -OCH3 is 1. The number of benzene rings is 2. The van der Waals surface area contributed by atoms with Crippen molar-refractivity contribution in [2.45, 2.75) is 13.5 Å². The second-order valence-electron chi connectivity index (χ2n) is 4.86. The maximum absolute atomic E-state index is 11.9. The van der Waals surface area contributed by atoms with Crippen molar-refractivity contribution in [1.82, 2.24) is 5.32 Å². The fourth-order valence-electron chi connectivity index (χ4n) is 2.05. The molecule has 2 N–H and O–H groups in total. The molecule has 0 aromatic heterocycles. The number of ether oxygens (including phenoxy) is 1. The standard InChI is InChI=1S/C16H17N3O4/c1-11-14(4-3-5-15(11)19(21)22)18-16(20)17-10-12-6-8-13(23-2)9-7-12/h3-9H,10H2,1-2H3,(H2,17,18,20). The molecule has 2 amide bonds. The van der Waals surface area contributed by atoms with Gasteiger partial charge < -0.3 is 15.4 Å². The van der Waals surface area contributed by atoms with Crippen molar-refractivity contribution >= 4 is 17.4 Å². The third kappa shape index (κ3) is 4.19. The van der Waals surface area contributed by atoms with Crippen LogP contribution in [0.25, 0.3) is 0 Å². The first-order chi connectivity index (χ1) is 11.0. The van der Waals surface area contributed by atoms with Crippen LogP contribution < -0.4 is 15.4 Å². The highest BCUT2D eigenvalue weighted by Crippen LogP contribution is 2.24. The SMILES string of the molecule is COc1ccc(CNC(=O)Nc2cccc([N+](=O)[O-])c2C)cc1. The molecule has 0 fully saturated rings. The summed E-state index contributed by atoms with van der Waals surface area (Å²) in [5.74, 6) is 0.741. The normalized spacial score (nSPS) is 10.0. The minimum atomic E-state index is -0.476. The van der Waals surface area contributed by atoms with Gasteiger partial charge in [-0.05, 0) is 30.7 Å². The zero-order valence-corrected chi connectivity index (χ0v) is 12.8. The Morgan fingerprint density at radius 3 is 2.52 bits per heavy atom. The number of carbonyl (C=O) groups is 1. The van der Waals surface area contributed by atoms with Gasteiger partial charge in [0.2, 0.25) is 0 Å². The summed E-state index contributed by atoms with van der Waals surface area (Å²) < 4.78 is 5.06. The zero-order valence-electron chi connectivity index (χ0n) is 12.8. The molecule has 0 aliphatic heterocycles. The number of carbonyl (C=O) groups excluding carboxylic acids is 1. The molecule has 2 aromatic rings. The van der Waals surface area contributed by atoms with Gasteiger partial charge in [-0.3, -0.25) is 10.1 Å². The van der Waals surface area contributed by atoms with E-state index < -0.39 is 11.0 Å². The number of nitro groups is 1. The molecule has 0 bridgehead atoms. The van der Waals surface area contributed by atoms with Crippen LogP contribution in [0.4, 0.5) is 16.2 Å². The summed E-state index contributed by atoms with van der Waals surface area (Å²) in [6, 6.07) is 11.4. The topological polar surface area (TPSA) is 93.5 Å². The first kappa shape index (κ1) is 16.3. The van der Waals surface area contributed by atoms with Crippen LogP contribution in [0.2, 0.25) is 0 Å². The van der Waals surface area contributed by atoms with Crippen LogP contribution in [-0.2, 0) is 6.54 Å². The number of nitrogens with one attached hydrogen (secondary N) is 2. The molecule has 0 atom stereocenters. The molecule has 23 heavy (non-hydrogen) atoms. The van der Waals surface area contributed by atoms with Crippen molar-refractivity contribution in [3.05, 3.63) is 63.7 Å². The van der Waals surface area contributed by atoms with Gasteiger partial charge >= 0.3 is 6.03 Å². The fourth-order valence-corrected chi connectivity index (χ4v) is 2.05. The molecule has 2 aromatic carbocycles. The number of urea groups is 1. The van der Waals surface area contributed by atoms with E-state index in [2.05, 4.69) is 10.6 Å². The average molecular weight is 315 g/mol. The van der Waals surface area contributed by atoms with Gasteiger partial charge in [0.1, 0.15) is 5.75 Å². The third-order valence-electron chi connectivity index (χ3n) is 3.36. The maximum atomic E-state index is 11.9. The third-order valence-corrected chi connectivity index (χ3v) is 3.36. The quantitative estimate of drug-likeness (QED) is 0.654. The Kier molecular flexibility index (Phi) is 5.14. The van der Waals surface area contributed by atoms with Gasteiger partial charge in [0, 0.05) is 12.6 Å². The Morgan fingerprint density at radius 1 is 1.22 bits per heavy atom. The van der Waals surface area contributed by atoms with Crippen molar-refractivity contribution < 1.29 is 14.5 Å². The van der Waals surface area contributed by atoms with Gasteiger partial charge in [-0.2, -0.15) is 0 Å². The molecule has 0 heterocycles. The minimum Gasteiger partial charge on any atom is -0.497 e. The summed E-state index contributed by atoms with van der Waals surface area (Å²) in [7, 11) is 1.59. The molecule has 2 rings (SSSR count). The van der Waals surface area contributed by atoms with E-state index in [4.69, 9.17) is 4.74 Å². The number of amides is 2. The Hall–Kier alpha value is -3.09. The van der Waals surface area contributed by atoms with E-state index in [1.54, 1.807) is 32.2 Å². The highest BCUT2D eigenvalue weighted by Gasteiger charge is 2.14. The molecule has 0 saturated carbocycles. The van der Waals surface area contributed by atoms with Crippen molar-refractivity contribution in [3.8, 4) is 5.75 Å². The number of anilines is 1. The van der Waals surface area contributed by atoms with Crippen molar-refractivity contribution in [2.75, 3.05) is 12.4 Å². The lowest BCUT2D eigenvalue weighted by Crippen LogP contribution is -2.28. The molecule has 7 heteroatoms. The zero-order chi connectivity index (χ0) is 16.8. The van der Waals surface area contributed by atoms with Gasteiger partial charge in [0.05, 0.1) is 23.3 Å². The average Bonchev–Trinajstić information content (AvgIpc) is 2.55. The molecule has 0 aliphatic rings. The monoisotopic (exact) mass is 315 g/mol. The number of hydrogen-bond acceptors (Lipinski definition) is 4. The molecule has 0 radical (unpaired) electrons. The molecule has 0 spiro atoms. The summed E-state index contributed by atoms with van der Waals surface area (Å²) in [6.07, 6.45) is 0. The lowest BCUT2D eigenvalue weighted by Gasteiger charge is -2.10. The predicted octanol–water partition coefficient (Wildman–Crippen LogP) is 3.23. The van der Waals surface area contributed by atoms with Crippen LogP contribution in [0.15, 0.2) is 42.5 Å². The maximum Gasteiger partial charge on any atom is 0.319 e. The van der Waals surface area contributed by atoms with Crippen LogP contribution in [0.3, 0.4) is 0 Å². The van der Waals surface area contributed by atoms with Crippen LogP contribution in [-0.4, -0.2) is 18.1 Å². The summed E-state index contributed by atoms with van der Waals surface area (Å²) >= 11 is 0. The molecule has 0 aliphatic carbocycles. The number of rotatable bonds is 5. The van der Waals surface area contributed by atoms with E-state index in [-0.39, 0.29) is 5.69 Å². The lowest BCUT2D eigenvalue weighted by molar-refractivity contribution is -0.385. The fraction of sp³-hybridized carbons (Fsp3) is 0.188. The number of nitro benzene ring substituents is 1. The first-order valence-corrected chi connectivity index (χ1v) is 6.93. The van der Waals surface area contributed by atoms with E-state index >= 15 is 0 Å². The van der Waals surface area contributed by atoms with Crippen molar-refractivity contribution in [3.63, 3.8) is 0 Å². The second-order valence-corrected chi connectivity index (χ2v) is 4.86. The van der Waals surface area contributed by atoms with Crippen LogP contribution in [0.1, 0.15) is 11.1 Å². The summed E-state index contributed by atoms with van der Waals surface area (Å²) in [5, 5.41) is 16.2. The smallest absolute Gasteiger partial charge is 0.319 e. The summed E-state index contributed by atoms with van der Waals surface area (Å²) in [4.78, 5) is 22.3. The molecule has 0 unspecified atom stereocenters. The van der Waals surface area contributed by atoms with Gasteiger partial charge in [0.25, 0.3) is 5.69 Å². The number of hydrogen-bond donors (Lipinski definition) is 2. The second kappa shape index (κ2) is 7.26. The minimum absolute atomic E-state index is 0.0297. The Labute approximate surface area is 133 Å². The van der Waals surface area contributed by atoms with E-state index in [9.17, 15) is 14.9 Å². The highest BCUT2D eigenvalue weighted by molar-refractivity contribution is 5.90. The van der Waals surface area contributed by atoms with Gasteiger partial charge in [-0.25, -0.2) is 4.79 Å². The van der Waals surface area contributed by atoms with Crippen LogP contribution >= 0.6 is 0 Å². The van der Waals surface area contributed by atoms with Crippen LogP contribution in [0, 0.1) is 17.0 Å². The van der Waals surface area contributed by atoms with E-state index in [1.165, 1.54) is 12.1 Å². The van der Waals surface area contributed by atoms with Gasteiger partial charge in [0.15, 0.2) is 0 Å². The van der Waals surface area contributed by atoms with Gasteiger partial charge in [-0.15, -0.1) is 0 Å². The Balaban J connectivity index is 1.97. The molecule has 7 nitrogen and oxygen atoms in total. The van der Waals surface area contributed by atoms with E-state index in [0.717, 1.165) is 11.3 Å². The largest absolute Gasteiger partial charge is 0.497 e. The Bertz CT molecular complexity index is 714. The first-order valence-electron chi connectivity index (χ1n) is 6.93. The molecule has 0 saturated heterocycles.